The first-order valence-corrected chi connectivity index (χ1v) is 14.5. The Morgan fingerprint density at radius 2 is 1.50 bits per heavy atom. The molecule has 0 aliphatic heterocycles. The van der Waals surface area contributed by atoms with Gasteiger partial charge in [0.2, 0.25) is 5.43 Å². The van der Waals surface area contributed by atoms with Crippen LogP contribution in [-0.2, 0) is 12.8 Å². The summed E-state index contributed by atoms with van der Waals surface area (Å²) in [4.78, 5) is 18.2. The Kier molecular flexibility index (Phi) is 11.7. The number of aliphatic imine (C=N–C) groups is 1. The normalized spacial score (nSPS) is 10.9. The molecule has 0 spiro atoms. The first kappa shape index (κ1) is 32.4. The average Bonchev–Trinajstić information content (AvgIpc) is 2.92. The highest BCUT2D eigenvalue weighted by Gasteiger charge is 2.24. The fraction of sp³-hybridized carbons (Fsp3) is 0.455. The van der Waals surface area contributed by atoms with Crippen LogP contribution in [0.4, 0.5) is 0 Å². The number of aromatic hydroxyl groups is 1. The molecule has 0 atom stereocenters. The van der Waals surface area contributed by atoms with Gasteiger partial charge in [-0.1, -0.05) is 36.6 Å². The molecule has 0 fully saturated rings. The molecule has 0 radical (unpaired) electrons. The van der Waals surface area contributed by atoms with E-state index in [4.69, 9.17) is 30.1 Å². The van der Waals surface area contributed by atoms with Crippen LogP contribution in [0.3, 0.4) is 0 Å². The third-order valence-corrected chi connectivity index (χ3v) is 6.80. The van der Waals surface area contributed by atoms with Gasteiger partial charge in [0.25, 0.3) is 0 Å². The van der Waals surface area contributed by atoms with Crippen molar-refractivity contribution in [3.05, 3.63) is 56.8 Å². The van der Waals surface area contributed by atoms with E-state index >= 15 is 0 Å². The number of hydrogen-bond donors (Lipinski definition) is 3. The van der Waals surface area contributed by atoms with E-state index < -0.39 is 0 Å². The minimum absolute atomic E-state index is 0.0623. The van der Waals surface area contributed by atoms with Gasteiger partial charge in [0.1, 0.15) is 28.1 Å². The zero-order valence-corrected chi connectivity index (χ0v) is 25.8. The van der Waals surface area contributed by atoms with Gasteiger partial charge in [0.15, 0.2) is 17.5 Å². The topological polar surface area (TPSA) is 143 Å². The molecule has 9 nitrogen and oxygen atoms in total. The molecule has 3 rings (SSSR count). The lowest BCUT2D eigenvalue weighted by Crippen LogP contribution is -2.23. The maximum Gasteiger partial charge on any atom is 0.204 e. The third kappa shape index (κ3) is 7.99. The first-order chi connectivity index (χ1) is 20.1. The second-order valence-corrected chi connectivity index (χ2v) is 10.8. The van der Waals surface area contributed by atoms with Crippen LogP contribution in [0.2, 0.25) is 0 Å². The molecular weight excluding hydrogens is 534 g/mol. The monoisotopic (exact) mass is 579 g/mol. The van der Waals surface area contributed by atoms with Crippen molar-refractivity contribution in [2.24, 2.45) is 16.5 Å². The molecule has 42 heavy (non-hydrogen) atoms. The summed E-state index contributed by atoms with van der Waals surface area (Å²) < 4.78 is 24.3. The van der Waals surface area contributed by atoms with Crippen LogP contribution in [0.1, 0.15) is 71.4 Å². The Bertz CT molecular complexity index is 1540. The summed E-state index contributed by atoms with van der Waals surface area (Å²) >= 11 is 0. The summed E-state index contributed by atoms with van der Waals surface area (Å²) in [5, 5.41) is 12.0. The summed E-state index contributed by atoms with van der Waals surface area (Å²) in [6.45, 7) is 11.4. The van der Waals surface area contributed by atoms with Crippen molar-refractivity contribution in [1.82, 2.24) is 0 Å². The number of rotatable bonds is 15. The highest BCUT2D eigenvalue weighted by atomic mass is 16.5. The van der Waals surface area contributed by atoms with Crippen LogP contribution < -0.4 is 31.1 Å². The van der Waals surface area contributed by atoms with Crippen LogP contribution in [0.5, 0.6) is 23.0 Å². The van der Waals surface area contributed by atoms with Crippen molar-refractivity contribution < 1.29 is 23.7 Å². The summed E-state index contributed by atoms with van der Waals surface area (Å²) in [5.74, 6) is 1.37. The summed E-state index contributed by atoms with van der Waals surface area (Å²) in [7, 11) is 1.55. The van der Waals surface area contributed by atoms with Crippen molar-refractivity contribution in [1.29, 1.82) is 0 Å². The standard InChI is InChI=1S/C33H45N3O6/c1-7-8-16-40-24-18-26-29(30(37)22(24)13-11-20(2)3)31(38)28-23(14-12-21(4)5)32(39-6)27(19-25(28)42-26)41-17-10-9-15-36-33(34)35/h11-12,18-19,37H,7-10,13-17H2,1-6H3,(H4,34,35,36). The molecule has 0 aliphatic rings. The summed E-state index contributed by atoms with van der Waals surface area (Å²) in [6, 6.07) is 3.40. The van der Waals surface area contributed by atoms with Gasteiger partial charge in [-0.05, 0) is 59.8 Å². The molecule has 1 heterocycles. The van der Waals surface area contributed by atoms with Crippen molar-refractivity contribution in [2.75, 3.05) is 26.9 Å². The Morgan fingerprint density at radius 1 is 0.905 bits per heavy atom. The first-order valence-electron chi connectivity index (χ1n) is 14.5. The fourth-order valence-corrected chi connectivity index (χ4v) is 4.60. The van der Waals surface area contributed by atoms with Gasteiger partial charge >= 0.3 is 0 Å². The molecule has 0 unspecified atom stereocenters. The molecule has 3 aromatic rings. The second-order valence-electron chi connectivity index (χ2n) is 10.8. The molecule has 5 N–H and O–H groups in total. The smallest absolute Gasteiger partial charge is 0.204 e. The van der Waals surface area contributed by atoms with E-state index in [0.29, 0.717) is 78.4 Å². The zero-order valence-electron chi connectivity index (χ0n) is 25.8. The van der Waals surface area contributed by atoms with Gasteiger partial charge in [-0.3, -0.25) is 9.79 Å². The van der Waals surface area contributed by atoms with Gasteiger partial charge in [0, 0.05) is 29.8 Å². The zero-order chi connectivity index (χ0) is 30.8. The lowest BCUT2D eigenvalue weighted by Gasteiger charge is -2.18. The molecular formula is C33H45N3O6. The molecule has 0 amide bonds. The van der Waals surface area contributed by atoms with E-state index in [1.54, 1.807) is 19.2 Å². The highest BCUT2D eigenvalue weighted by Crippen LogP contribution is 2.41. The van der Waals surface area contributed by atoms with Crippen LogP contribution >= 0.6 is 0 Å². The number of phenolic OH excluding ortho intramolecular Hbond substituents is 1. The molecule has 0 bridgehead atoms. The van der Waals surface area contributed by atoms with Crippen LogP contribution in [0.25, 0.3) is 21.9 Å². The van der Waals surface area contributed by atoms with E-state index in [1.807, 2.05) is 39.8 Å². The van der Waals surface area contributed by atoms with Gasteiger partial charge < -0.3 is 35.2 Å². The Labute approximate surface area is 247 Å². The molecule has 0 aliphatic carbocycles. The summed E-state index contributed by atoms with van der Waals surface area (Å²) in [6.07, 6.45) is 8.15. The predicted octanol–water partition coefficient (Wildman–Crippen LogP) is 6.29. The molecule has 2 aromatic carbocycles. The molecule has 9 heteroatoms. The highest BCUT2D eigenvalue weighted by molar-refractivity contribution is 5.98. The number of benzene rings is 2. The number of guanidine groups is 1. The van der Waals surface area contributed by atoms with Crippen LogP contribution in [-0.4, -0.2) is 37.9 Å². The van der Waals surface area contributed by atoms with Gasteiger partial charge in [0.05, 0.1) is 25.7 Å². The Hall–Kier alpha value is -4.14. The van der Waals surface area contributed by atoms with Crippen LogP contribution in [0, 0.1) is 0 Å². The van der Waals surface area contributed by atoms with Crippen molar-refractivity contribution >= 4 is 27.9 Å². The number of phenols is 1. The summed E-state index contributed by atoms with van der Waals surface area (Å²) in [5.41, 5.74) is 14.4. The Balaban J connectivity index is 2.24. The maximum atomic E-state index is 14.2. The average molecular weight is 580 g/mol. The fourth-order valence-electron chi connectivity index (χ4n) is 4.60. The van der Waals surface area contributed by atoms with E-state index in [2.05, 4.69) is 11.9 Å². The SMILES string of the molecule is CCCCOc1cc2oc3cc(OCCCCN=C(N)N)c(OC)c(CC=C(C)C)c3c(=O)c2c(O)c1CC=C(C)C. The van der Waals surface area contributed by atoms with Crippen molar-refractivity contribution in [3.8, 4) is 23.0 Å². The van der Waals surface area contributed by atoms with Crippen LogP contribution in [0.15, 0.2) is 49.6 Å². The molecule has 0 saturated heterocycles. The van der Waals surface area contributed by atoms with Crippen molar-refractivity contribution in [2.45, 2.75) is 73.1 Å². The van der Waals surface area contributed by atoms with E-state index in [0.717, 1.165) is 30.4 Å². The minimum Gasteiger partial charge on any atom is -0.507 e. The quantitative estimate of drug-likeness (QED) is 0.0627. The lowest BCUT2D eigenvalue weighted by atomic mass is 9.98. The number of ether oxygens (including phenoxy) is 3. The van der Waals surface area contributed by atoms with E-state index in [9.17, 15) is 9.90 Å². The molecule has 1 aromatic heterocycles. The maximum absolute atomic E-state index is 14.2. The number of hydrogen-bond acceptors (Lipinski definition) is 7. The van der Waals surface area contributed by atoms with Gasteiger partial charge in [-0.2, -0.15) is 0 Å². The predicted molar refractivity (Wildman–Crippen MR) is 170 cm³/mol. The number of allylic oxidation sites excluding steroid dienone is 4. The number of fused-ring (bicyclic) bond motifs is 2. The second kappa shape index (κ2) is 15.2. The molecule has 0 saturated carbocycles. The van der Waals surface area contributed by atoms with Crippen molar-refractivity contribution in [3.63, 3.8) is 0 Å². The minimum atomic E-state index is -0.332. The third-order valence-electron chi connectivity index (χ3n) is 6.80. The number of unbranched alkanes of at least 4 members (excludes halogenated alkanes) is 2. The Morgan fingerprint density at radius 3 is 2.12 bits per heavy atom. The molecule has 228 valence electrons. The van der Waals surface area contributed by atoms with Gasteiger partial charge in [-0.25, -0.2) is 0 Å². The largest absolute Gasteiger partial charge is 0.507 e. The van der Waals surface area contributed by atoms with Gasteiger partial charge in [-0.15, -0.1) is 0 Å². The lowest BCUT2D eigenvalue weighted by molar-refractivity contribution is 0.286. The number of methoxy groups -OCH3 is 1. The van der Waals surface area contributed by atoms with E-state index in [1.165, 1.54) is 0 Å². The number of nitrogens with zero attached hydrogens (tertiary/aromatic N) is 1. The van der Waals surface area contributed by atoms with E-state index in [-0.39, 0.29) is 28.1 Å². The number of nitrogens with two attached hydrogens (primary N) is 2.